The molecule has 0 amide bonds. The second kappa shape index (κ2) is 8.47. The van der Waals surface area contributed by atoms with Crippen molar-refractivity contribution >= 4 is 25.3 Å². The minimum Gasteiger partial charge on any atom is -0.267 e. The van der Waals surface area contributed by atoms with Crippen molar-refractivity contribution < 1.29 is 0 Å². The van der Waals surface area contributed by atoms with Crippen LogP contribution >= 0.6 is 25.3 Å². The molecule has 27 heavy (non-hydrogen) atoms. The molecule has 1 aromatic heterocycles. The van der Waals surface area contributed by atoms with E-state index in [4.69, 9.17) is 0 Å². The largest absolute Gasteiger partial charge is 0.277 e. The molecule has 0 saturated heterocycles. The minimum atomic E-state index is -0.427. The maximum absolute atomic E-state index is 13.0. The predicted octanol–water partition coefficient (Wildman–Crippen LogP) is 4.69. The Morgan fingerprint density at radius 2 is 1.74 bits per heavy atom. The van der Waals surface area contributed by atoms with E-state index in [1.54, 1.807) is 0 Å². The van der Waals surface area contributed by atoms with Gasteiger partial charge in [0.2, 0.25) is 0 Å². The van der Waals surface area contributed by atoms with Gasteiger partial charge in [-0.15, -0.1) is 25.3 Å². The zero-order valence-electron chi connectivity index (χ0n) is 14.9. The number of thiol groups is 2. The predicted molar refractivity (Wildman–Crippen MR) is 113 cm³/mol. The Bertz CT molecular complexity index is 1050. The quantitative estimate of drug-likeness (QED) is 0.488. The fraction of sp³-hybridized carbons (Fsp3) is 0.190. The molecule has 136 valence electrons. The summed E-state index contributed by atoms with van der Waals surface area (Å²) < 4.78 is 1.47. The highest BCUT2D eigenvalue weighted by molar-refractivity contribution is 7.80. The molecule has 0 spiro atoms. The summed E-state index contributed by atoms with van der Waals surface area (Å²) in [4.78, 5) is 18.2. The van der Waals surface area contributed by atoms with Crippen molar-refractivity contribution in [3.05, 3.63) is 70.0 Å². The lowest BCUT2D eigenvalue weighted by Gasteiger charge is -2.14. The first-order chi connectivity index (χ1) is 13.0. The van der Waals surface area contributed by atoms with E-state index in [2.05, 4.69) is 37.2 Å². The summed E-state index contributed by atoms with van der Waals surface area (Å²) in [7, 11) is 0. The first kappa shape index (κ1) is 19.3. The lowest BCUT2D eigenvalue weighted by Crippen LogP contribution is -2.25. The second-order valence-electron chi connectivity index (χ2n) is 6.20. The van der Waals surface area contributed by atoms with Gasteiger partial charge in [0.25, 0.3) is 5.56 Å². The fourth-order valence-corrected chi connectivity index (χ4v) is 3.23. The normalized spacial score (nSPS) is 10.6. The first-order valence-corrected chi connectivity index (χ1v) is 9.59. The molecule has 0 atom stereocenters. The number of benzene rings is 2. The number of rotatable bonds is 5. The van der Waals surface area contributed by atoms with E-state index >= 15 is 0 Å². The van der Waals surface area contributed by atoms with Gasteiger partial charge in [0.15, 0.2) is 0 Å². The standard InChI is InChI=1S/C21H19N3OS2/c1-2-3-4-14-5-9-16(10-6-14)24-19(15-7-11-17(26)12-8-15)23-20(27)18(13-22)21(24)25/h5-12,26-27H,2-4H2,1H3. The molecule has 0 aliphatic heterocycles. The topological polar surface area (TPSA) is 58.7 Å². The van der Waals surface area contributed by atoms with Crippen LogP contribution in [0, 0.1) is 11.3 Å². The van der Waals surface area contributed by atoms with Crippen LogP contribution < -0.4 is 5.56 Å². The highest BCUT2D eigenvalue weighted by Gasteiger charge is 2.17. The van der Waals surface area contributed by atoms with Crippen LogP contribution in [-0.4, -0.2) is 9.55 Å². The maximum Gasteiger partial charge on any atom is 0.277 e. The van der Waals surface area contributed by atoms with Gasteiger partial charge in [-0.05, 0) is 42.7 Å². The average molecular weight is 394 g/mol. The molecule has 1 heterocycles. The van der Waals surface area contributed by atoms with E-state index in [0.29, 0.717) is 11.5 Å². The number of aromatic nitrogens is 2. The monoisotopic (exact) mass is 393 g/mol. The summed E-state index contributed by atoms with van der Waals surface area (Å²) in [6.07, 6.45) is 3.25. The molecule has 6 heteroatoms. The molecule has 4 nitrogen and oxygen atoms in total. The minimum absolute atomic E-state index is 0.0667. The number of nitrogens with zero attached hydrogens (tertiary/aromatic N) is 3. The van der Waals surface area contributed by atoms with Crippen molar-refractivity contribution in [2.24, 2.45) is 0 Å². The molecule has 3 rings (SSSR count). The van der Waals surface area contributed by atoms with E-state index in [-0.39, 0.29) is 10.6 Å². The van der Waals surface area contributed by atoms with E-state index in [9.17, 15) is 10.1 Å². The van der Waals surface area contributed by atoms with E-state index in [0.717, 1.165) is 29.7 Å². The molecular formula is C21H19N3OS2. The van der Waals surface area contributed by atoms with Crippen LogP contribution in [0.3, 0.4) is 0 Å². The van der Waals surface area contributed by atoms with E-state index in [1.807, 2.05) is 54.6 Å². The highest BCUT2D eigenvalue weighted by Crippen LogP contribution is 2.23. The van der Waals surface area contributed by atoms with Gasteiger partial charge in [0, 0.05) is 10.5 Å². The van der Waals surface area contributed by atoms with Crippen LogP contribution in [0.4, 0.5) is 0 Å². The molecule has 0 aliphatic carbocycles. The SMILES string of the molecule is CCCCc1ccc(-n2c(-c3ccc(S)cc3)nc(S)c(C#N)c2=O)cc1. The molecule has 0 N–H and O–H groups in total. The smallest absolute Gasteiger partial charge is 0.267 e. The lowest BCUT2D eigenvalue weighted by atomic mass is 10.1. The van der Waals surface area contributed by atoms with Gasteiger partial charge in [-0.25, -0.2) is 4.98 Å². The summed E-state index contributed by atoms with van der Waals surface area (Å²) in [6, 6.07) is 17.1. The van der Waals surface area contributed by atoms with Crippen LogP contribution in [-0.2, 0) is 6.42 Å². The van der Waals surface area contributed by atoms with Crippen LogP contribution in [0.2, 0.25) is 0 Å². The Hall–Kier alpha value is -2.49. The third-order valence-corrected chi connectivity index (χ3v) is 4.94. The van der Waals surface area contributed by atoms with Crippen molar-refractivity contribution in [1.29, 1.82) is 5.26 Å². The van der Waals surface area contributed by atoms with Crippen molar-refractivity contribution in [3.63, 3.8) is 0 Å². The Morgan fingerprint density at radius 3 is 2.33 bits per heavy atom. The summed E-state index contributed by atoms with van der Waals surface area (Å²) in [5.41, 5.74) is 2.14. The molecule has 2 aromatic carbocycles. The summed E-state index contributed by atoms with van der Waals surface area (Å²) in [6.45, 7) is 2.16. The highest BCUT2D eigenvalue weighted by atomic mass is 32.1. The van der Waals surface area contributed by atoms with Gasteiger partial charge in [0.05, 0.1) is 5.69 Å². The van der Waals surface area contributed by atoms with Gasteiger partial charge in [-0.3, -0.25) is 9.36 Å². The molecule has 3 aromatic rings. The zero-order chi connectivity index (χ0) is 19.4. The molecule has 0 radical (unpaired) electrons. The molecule has 0 fully saturated rings. The molecule has 0 unspecified atom stereocenters. The molecule has 0 aliphatic rings. The van der Waals surface area contributed by atoms with Gasteiger partial charge in [-0.1, -0.05) is 37.6 Å². The van der Waals surface area contributed by atoms with Gasteiger partial charge >= 0.3 is 0 Å². The van der Waals surface area contributed by atoms with Gasteiger partial charge in [-0.2, -0.15) is 5.26 Å². The molecular weight excluding hydrogens is 374 g/mol. The summed E-state index contributed by atoms with van der Waals surface area (Å²) in [5, 5.41) is 9.48. The number of nitriles is 1. The van der Waals surface area contributed by atoms with Crippen LogP contribution in [0.15, 0.2) is 63.2 Å². The van der Waals surface area contributed by atoms with Crippen molar-refractivity contribution in [2.75, 3.05) is 0 Å². The second-order valence-corrected chi connectivity index (χ2v) is 7.14. The Balaban J connectivity index is 2.19. The van der Waals surface area contributed by atoms with Crippen molar-refractivity contribution in [3.8, 4) is 23.1 Å². The third-order valence-electron chi connectivity index (χ3n) is 4.32. The van der Waals surface area contributed by atoms with Gasteiger partial charge < -0.3 is 0 Å². The van der Waals surface area contributed by atoms with Gasteiger partial charge in [0.1, 0.15) is 22.5 Å². The zero-order valence-corrected chi connectivity index (χ0v) is 16.7. The Morgan fingerprint density at radius 1 is 1.07 bits per heavy atom. The van der Waals surface area contributed by atoms with Crippen LogP contribution in [0.5, 0.6) is 0 Å². The summed E-state index contributed by atoms with van der Waals surface area (Å²) >= 11 is 8.54. The number of unbranched alkanes of at least 4 members (excludes halogenated alkanes) is 1. The fourth-order valence-electron chi connectivity index (χ4n) is 2.84. The summed E-state index contributed by atoms with van der Waals surface area (Å²) in [5.74, 6) is 0.443. The third kappa shape index (κ3) is 4.10. The molecule has 0 bridgehead atoms. The van der Waals surface area contributed by atoms with E-state index in [1.165, 1.54) is 10.1 Å². The maximum atomic E-state index is 13.0. The van der Waals surface area contributed by atoms with Crippen LogP contribution in [0.1, 0.15) is 30.9 Å². The number of hydrogen-bond acceptors (Lipinski definition) is 5. The van der Waals surface area contributed by atoms with E-state index < -0.39 is 5.56 Å². The Labute approximate surface area is 169 Å². The number of aryl methyl sites for hydroxylation is 1. The lowest BCUT2D eigenvalue weighted by molar-refractivity contribution is 0.794. The van der Waals surface area contributed by atoms with Crippen LogP contribution in [0.25, 0.3) is 17.1 Å². The number of hydrogen-bond donors (Lipinski definition) is 2. The van der Waals surface area contributed by atoms with Crippen molar-refractivity contribution in [1.82, 2.24) is 9.55 Å². The Kier molecular flexibility index (Phi) is 6.04. The molecule has 0 saturated carbocycles. The van der Waals surface area contributed by atoms with Crippen molar-refractivity contribution in [2.45, 2.75) is 36.1 Å². The first-order valence-electron chi connectivity index (χ1n) is 8.70. The average Bonchev–Trinajstić information content (AvgIpc) is 2.67.